The molecule has 13 heteroatoms. The Hall–Kier alpha value is -1.99. The van der Waals surface area contributed by atoms with Crippen LogP contribution < -0.4 is 21.7 Å². The van der Waals surface area contributed by atoms with Crippen LogP contribution in [-0.2, 0) is 24.0 Å². The SMILES string of the molecule is CSCCC(NC(=O)C(N)CCC(=O)O)C(=O)NC(CS)C(=O)NC(CC(C)C)C(=O)O. The number of rotatable bonds is 16. The summed E-state index contributed by atoms with van der Waals surface area (Å²) in [5.41, 5.74) is 5.70. The van der Waals surface area contributed by atoms with Gasteiger partial charge in [-0.1, -0.05) is 13.8 Å². The topological polar surface area (TPSA) is 188 Å². The first-order valence-corrected chi connectivity index (χ1v) is 12.2. The first-order chi connectivity index (χ1) is 14.9. The fourth-order valence-corrected chi connectivity index (χ4v) is 3.35. The van der Waals surface area contributed by atoms with Crippen molar-refractivity contribution < 1.29 is 34.2 Å². The van der Waals surface area contributed by atoms with Gasteiger partial charge >= 0.3 is 11.9 Å². The molecule has 7 N–H and O–H groups in total. The van der Waals surface area contributed by atoms with Gasteiger partial charge in [0, 0.05) is 12.2 Å². The average molecular weight is 495 g/mol. The predicted octanol–water partition coefficient (Wildman–Crippen LogP) is -0.553. The predicted molar refractivity (Wildman–Crippen MR) is 125 cm³/mol. The number of carbonyl (C=O) groups is 5. The fraction of sp³-hybridized carbons (Fsp3) is 0.737. The third-order valence-electron chi connectivity index (χ3n) is 4.39. The molecule has 0 aliphatic heterocycles. The molecule has 0 aromatic carbocycles. The minimum Gasteiger partial charge on any atom is -0.481 e. The highest BCUT2D eigenvalue weighted by molar-refractivity contribution is 7.98. The molecule has 0 saturated carbocycles. The molecule has 0 saturated heterocycles. The number of thiol groups is 1. The van der Waals surface area contributed by atoms with E-state index >= 15 is 0 Å². The lowest BCUT2D eigenvalue weighted by Gasteiger charge is -2.24. The highest BCUT2D eigenvalue weighted by Gasteiger charge is 2.29. The third kappa shape index (κ3) is 12.2. The summed E-state index contributed by atoms with van der Waals surface area (Å²) in [7, 11) is 0. The normalized spacial score (nSPS) is 14.7. The maximum Gasteiger partial charge on any atom is 0.326 e. The highest BCUT2D eigenvalue weighted by Crippen LogP contribution is 2.07. The summed E-state index contributed by atoms with van der Waals surface area (Å²) in [6.45, 7) is 3.64. The van der Waals surface area contributed by atoms with Crippen LogP contribution in [0.4, 0.5) is 0 Å². The molecule has 0 fully saturated rings. The molecule has 0 heterocycles. The van der Waals surface area contributed by atoms with E-state index in [1.807, 2.05) is 20.1 Å². The van der Waals surface area contributed by atoms with Crippen molar-refractivity contribution in [2.75, 3.05) is 17.8 Å². The van der Waals surface area contributed by atoms with Gasteiger partial charge in [0.25, 0.3) is 0 Å². The Kier molecular flexibility index (Phi) is 14.8. The summed E-state index contributed by atoms with van der Waals surface area (Å²) in [4.78, 5) is 59.6. The van der Waals surface area contributed by atoms with E-state index in [0.717, 1.165) is 0 Å². The first kappa shape index (κ1) is 30.0. The van der Waals surface area contributed by atoms with E-state index in [2.05, 4.69) is 28.6 Å². The number of amides is 3. The molecule has 0 aromatic heterocycles. The maximum atomic E-state index is 12.7. The van der Waals surface area contributed by atoms with Gasteiger partial charge < -0.3 is 31.9 Å². The summed E-state index contributed by atoms with van der Waals surface area (Å²) in [5, 5.41) is 25.4. The summed E-state index contributed by atoms with van der Waals surface area (Å²) >= 11 is 5.52. The number of hydrogen-bond acceptors (Lipinski definition) is 8. The Morgan fingerprint density at radius 3 is 1.91 bits per heavy atom. The van der Waals surface area contributed by atoms with Crippen LogP contribution in [0.25, 0.3) is 0 Å². The van der Waals surface area contributed by atoms with Crippen molar-refractivity contribution in [2.24, 2.45) is 11.7 Å². The van der Waals surface area contributed by atoms with Gasteiger partial charge in [-0.25, -0.2) is 4.79 Å². The van der Waals surface area contributed by atoms with Gasteiger partial charge in [0.2, 0.25) is 17.7 Å². The van der Waals surface area contributed by atoms with Gasteiger partial charge in [0.15, 0.2) is 0 Å². The molecule has 0 aromatic rings. The van der Waals surface area contributed by atoms with E-state index in [9.17, 15) is 29.1 Å². The van der Waals surface area contributed by atoms with E-state index in [4.69, 9.17) is 10.8 Å². The Morgan fingerprint density at radius 2 is 1.44 bits per heavy atom. The first-order valence-electron chi connectivity index (χ1n) is 10.1. The number of nitrogens with two attached hydrogens (primary N) is 1. The minimum absolute atomic E-state index is 0.0249. The Bertz CT molecular complexity index is 664. The van der Waals surface area contributed by atoms with Crippen LogP contribution in [0.15, 0.2) is 0 Å². The summed E-state index contributed by atoms with van der Waals surface area (Å²) < 4.78 is 0. The summed E-state index contributed by atoms with van der Waals surface area (Å²) in [6.07, 6.45) is 1.90. The van der Waals surface area contributed by atoms with Crippen molar-refractivity contribution >= 4 is 54.1 Å². The maximum absolute atomic E-state index is 12.7. The molecule has 0 rings (SSSR count). The van der Waals surface area contributed by atoms with Gasteiger partial charge in [-0.3, -0.25) is 19.2 Å². The van der Waals surface area contributed by atoms with Gasteiger partial charge in [-0.2, -0.15) is 24.4 Å². The molecule has 0 aliphatic rings. The van der Waals surface area contributed by atoms with E-state index in [1.54, 1.807) is 0 Å². The molecule has 184 valence electrons. The van der Waals surface area contributed by atoms with Crippen molar-refractivity contribution in [3.8, 4) is 0 Å². The molecular weight excluding hydrogens is 460 g/mol. The Balaban J connectivity index is 5.17. The number of thioether (sulfide) groups is 1. The largest absolute Gasteiger partial charge is 0.481 e. The van der Waals surface area contributed by atoms with E-state index < -0.39 is 53.8 Å². The lowest BCUT2D eigenvalue weighted by atomic mass is 10.0. The molecule has 11 nitrogen and oxygen atoms in total. The monoisotopic (exact) mass is 494 g/mol. The fourth-order valence-electron chi connectivity index (χ4n) is 2.62. The van der Waals surface area contributed by atoms with Crippen molar-refractivity contribution in [2.45, 2.75) is 63.7 Å². The van der Waals surface area contributed by atoms with Gasteiger partial charge in [-0.05, 0) is 37.2 Å². The molecule has 4 unspecified atom stereocenters. The third-order valence-corrected chi connectivity index (χ3v) is 5.40. The van der Waals surface area contributed by atoms with Crippen molar-refractivity contribution in [3.05, 3.63) is 0 Å². The summed E-state index contributed by atoms with van der Waals surface area (Å²) in [6, 6.07) is -4.34. The van der Waals surface area contributed by atoms with Crippen LogP contribution >= 0.6 is 24.4 Å². The Labute approximate surface area is 197 Å². The highest BCUT2D eigenvalue weighted by atomic mass is 32.2. The smallest absolute Gasteiger partial charge is 0.326 e. The molecule has 0 radical (unpaired) electrons. The zero-order valence-electron chi connectivity index (χ0n) is 18.5. The van der Waals surface area contributed by atoms with Crippen molar-refractivity contribution in [1.29, 1.82) is 0 Å². The van der Waals surface area contributed by atoms with E-state index in [0.29, 0.717) is 5.75 Å². The quantitative estimate of drug-likeness (QED) is 0.138. The van der Waals surface area contributed by atoms with Crippen LogP contribution in [-0.4, -0.2) is 81.8 Å². The lowest BCUT2D eigenvalue weighted by Crippen LogP contribution is -2.57. The molecule has 3 amide bonds. The van der Waals surface area contributed by atoms with Crippen LogP contribution in [0.2, 0.25) is 0 Å². The lowest BCUT2D eigenvalue weighted by molar-refractivity contribution is -0.142. The minimum atomic E-state index is -1.18. The van der Waals surface area contributed by atoms with Crippen LogP contribution in [0, 0.1) is 5.92 Å². The second-order valence-corrected chi connectivity index (χ2v) is 9.01. The standard InChI is InChI=1S/C19H34N4O7S2/c1-10(2)8-13(19(29)30)22-18(28)14(9-31)23-17(27)12(6-7-32-3)21-16(26)11(20)4-5-15(24)25/h10-14,31H,4-9,20H2,1-3H3,(H,21,26)(H,22,28)(H,23,27)(H,24,25)(H,29,30). The average Bonchev–Trinajstić information content (AvgIpc) is 2.71. The molecule has 0 aliphatic carbocycles. The zero-order valence-corrected chi connectivity index (χ0v) is 20.2. The van der Waals surface area contributed by atoms with Gasteiger partial charge in [-0.15, -0.1) is 0 Å². The molecule has 0 bridgehead atoms. The second kappa shape index (κ2) is 15.8. The van der Waals surface area contributed by atoms with Crippen LogP contribution in [0.1, 0.15) is 39.5 Å². The zero-order chi connectivity index (χ0) is 24.8. The van der Waals surface area contributed by atoms with E-state index in [-0.39, 0.29) is 37.4 Å². The van der Waals surface area contributed by atoms with E-state index in [1.165, 1.54) is 11.8 Å². The molecule has 32 heavy (non-hydrogen) atoms. The number of carboxylic acid groups (broad SMARTS) is 2. The van der Waals surface area contributed by atoms with Crippen molar-refractivity contribution in [3.63, 3.8) is 0 Å². The van der Waals surface area contributed by atoms with Crippen LogP contribution in [0.3, 0.4) is 0 Å². The Morgan fingerprint density at radius 1 is 0.906 bits per heavy atom. The number of aliphatic carboxylic acids is 2. The second-order valence-electron chi connectivity index (χ2n) is 7.65. The molecule has 0 spiro atoms. The summed E-state index contributed by atoms with van der Waals surface area (Å²) in [5.74, 6) is -3.85. The number of nitrogens with one attached hydrogen (secondary N) is 3. The van der Waals surface area contributed by atoms with Gasteiger partial charge in [0.1, 0.15) is 18.1 Å². The van der Waals surface area contributed by atoms with Crippen molar-refractivity contribution in [1.82, 2.24) is 16.0 Å². The number of hydrogen-bond donors (Lipinski definition) is 7. The van der Waals surface area contributed by atoms with Gasteiger partial charge in [0.05, 0.1) is 6.04 Å². The molecular formula is C19H34N4O7S2. The molecule has 4 atom stereocenters. The number of carboxylic acids is 2. The number of carbonyl (C=O) groups excluding carboxylic acids is 3. The van der Waals surface area contributed by atoms with Crippen LogP contribution in [0.5, 0.6) is 0 Å².